The molecule has 0 bridgehead atoms. The molecule has 3 aromatic rings. The van der Waals surface area contributed by atoms with Crippen LogP contribution >= 0.6 is 11.6 Å². The van der Waals surface area contributed by atoms with Crippen LogP contribution in [-0.2, 0) is 12.4 Å². The van der Waals surface area contributed by atoms with Gasteiger partial charge in [0, 0.05) is 12.4 Å². The van der Waals surface area contributed by atoms with E-state index < -0.39 is 0 Å². The van der Waals surface area contributed by atoms with Gasteiger partial charge in [-0.05, 0) is 30.5 Å². The number of aryl methyl sites for hydroxylation is 1. The van der Waals surface area contributed by atoms with E-state index in [2.05, 4.69) is 22.0 Å². The summed E-state index contributed by atoms with van der Waals surface area (Å²) in [6, 6.07) is 14.2. The van der Waals surface area contributed by atoms with Crippen molar-refractivity contribution in [1.29, 1.82) is 0 Å². The number of alkyl halides is 1. The van der Waals surface area contributed by atoms with Gasteiger partial charge in [0.15, 0.2) is 0 Å². The summed E-state index contributed by atoms with van der Waals surface area (Å²) >= 11 is 5.97. The van der Waals surface area contributed by atoms with Gasteiger partial charge >= 0.3 is 0 Å². The smallest absolute Gasteiger partial charge is 0.136 e. The predicted molar refractivity (Wildman–Crippen MR) is 86.9 cm³/mol. The molecule has 0 aliphatic carbocycles. The topological polar surface area (TPSA) is 29.3 Å². The van der Waals surface area contributed by atoms with Crippen LogP contribution in [0.1, 0.15) is 17.2 Å². The second-order valence-electron chi connectivity index (χ2n) is 5.16. The largest absolute Gasteiger partial charge is 0.464 e. The molecule has 0 aliphatic heterocycles. The van der Waals surface area contributed by atoms with Crippen molar-refractivity contribution >= 4 is 28.2 Å². The van der Waals surface area contributed by atoms with Crippen molar-refractivity contribution in [3.8, 4) is 0 Å². The summed E-state index contributed by atoms with van der Waals surface area (Å²) in [5, 5.41) is 2.28. The summed E-state index contributed by atoms with van der Waals surface area (Å²) < 4.78 is 5.65. The average Bonchev–Trinajstić information content (AvgIpc) is 2.91. The Balaban J connectivity index is 2.01. The van der Waals surface area contributed by atoms with Gasteiger partial charge in [-0.15, -0.1) is 11.6 Å². The van der Waals surface area contributed by atoms with Crippen LogP contribution in [0.15, 0.2) is 46.9 Å². The van der Waals surface area contributed by atoms with Crippen LogP contribution in [0.4, 0.5) is 5.82 Å². The highest BCUT2D eigenvalue weighted by atomic mass is 35.5. The molecule has 2 heterocycles. The molecular weight excluding hydrogens is 284 g/mol. The third-order valence-electron chi connectivity index (χ3n) is 3.46. The Labute approximate surface area is 129 Å². The van der Waals surface area contributed by atoms with E-state index in [1.165, 1.54) is 0 Å². The Bertz CT molecular complexity index is 766. The third-order valence-corrected chi connectivity index (χ3v) is 3.73. The molecule has 0 N–H and O–H groups in total. The highest BCUT2D eigenvalue weighted by Crippen LogP contribution is 2.26. The maximum atomic E-state index is 5.97. The van der Waals surface area contributed by atoms with Gasteiger partial charge in [-0.2, -0.15) is 0 Å². The quantitative estimate of drug-likeness (QED) is 0.664. The molecule has 21 heavy (non-hydrogen) atoms. The van der Waals surface area contributed by atoms with E-state index in [9.17, 15) is 0 Å². The van der Waals surface area contributed by atoms with E-state index in [1.54, 1.807) is 0 Å². The van der Waals surface area contributed by atoms with Crippen molar-refractivity contribution in [3.05, 3.63) is 59.7 Å². The van der Waals surface area contributed by atoms with E-state index in [0.29, 0.717) is 12.4 Å². The molecule has 0 atom stereocenters. The molecule has 2 aromatic heterocycles. The second-order valence-corrected chi connectivity index (χ2v) is 5.43. The second kappa shape index (κ2) is 5.78. The summed E-state index contributed by atoms with van der Waals surface area (Å²) in [4.78, 5) is 6.77. The molecule has 108 valence electrons. The molecule has 0 radical (unpaired) electrons. The average molecular weight is 301 g/mol. The summed E-state index contributed by atoms with van der Waals surface area (Å²) in [5.41, 5.74) is 0.882. The summed E-state index contributed by atoms with van der Waals surface area (Å²) in [6.07, 6.45) is 0. The van der Waals surface area contributed by atoms with E-state index in [-0.39, 0.29) is 0 Å². The standard InChI is InChI=1S/C17H17ClN2O/c1-12-7-8-15(21-12)11-20(2)17-16-6-4-3-5-13(16)9-14(10-18)19-17/h3-9H,10-11H2,1-2H3. The first-order valence-electron chi connectivity index (χ1n) is 6.88. The van der Waals surface area contributed by atoms with Gasteiger partial charge < -0.3 is 9.32 Å². The normalized spacial score (nSPS) is 11.0. The highest BCUT2D eigenvalue weighted by molar-refractivity contribution is 6.17. The number of halogens is 1. The fraction of sp³-hybridized carbons (Fsp3) is 0.235. The first kappa shape index (κ1) is 14.0. The van der Waals surface area contributed by atoms with E-state index in [4.69, 9.17) is 16.0 Å². The van der Waals surface area contributed by atoms with Crippen LogP contribution in [0.25, 0.3) is 10.8 Å². The molecule has 0 fully saturated rings. The minimum absolute atomic E-state index is 0.408. The number of hydrogen-bond donors (Lipinski definition) is 0. The number of anilines is 1. The fourth-order valence-electron chi connectivity index (χ4n) is 2.47. The van der Waals surface area contributed by atoms with E-state index in [0.717, 1.165) is 33.8 Å². The molecular formula is C17H17ClN2O. The zero-order chi connectivity index (χ0) is 14.8. The first-order chi connectivity index (χ1) is 10.2. The lowest BCUT2D eigenvalue weighted by Gasteiger charge is -2.19. The van der Waals surface area contributed by atoms with Gasteiger partial charge in [0.2, 0.25) is 0 Å². The van der Waals surface area contributed by atoms with Crippen LogP contribution < -0.4 is 4.90 Å². The SMILES string of the molecule is Cc1ccc(CN(C)c2nc(CCl)cc3ccccc23)o1. The van der Waals surface area contributed by atoms with Crippen molar-refractivity contribution in [2.75, 3.05) is 11.9 Å². The van der Waals surface area contributed by atoms with Gasteiger partial charge in [0.05, 0.1) is 18.1 Å². The minimum Gasteiger partial charge on any atom is -0.464 e. The number of benzene rings is 1. The number of nitrogens with zero attached hydrogens (tertiary/aromatic N) is 2. The van der Waals surface area contributed by atoms with Crippen LogP contribution in [-0.4, -0.2) is 12.0 Å². The number of rotatable bonds is 4. The molecule has 1 aromatic carbocycles. The molecule has 3 nitrogen and oxygen atoms in total. The van der Waals surface area contributed by atoms with Crippen LogP contribution in [0.3, 0.4) is 0 Å². The van der Waals surface area contributed by atoms with Crippen molar-refractivity contribution < 1.29 is 4.42 Å². The van der Waals surface area contributed by atoms with Crippen molar-refractivity contribution in [2.45, 2.75) is 19.3 Å². The molecule has 0 saturated heterocycles. The highest BCUT2D eigenvalue weighted by Gasteiger charge is 2.11. The summed E-state index contributed by atoms with van der Waals surface area (Å²) in [5.74, 6) is 3.19. The lowest BCUT2D eigenvalue weighted by molar-refractivity contribution is 0.481. The van der Waals surface area contributed by atoms with Gasteiger partial charge in [0.25, 0.3) is 0 Å². The van der Waals surface area contributed by atoms with Crippen LogP contribution in [0.2, 0.25) is 0 Å². The maximum absolute atomic E-state index is 5.97. The number of aromatic nitrogens is 1. The zero-order valence-electron chi connectivity index (χ0n) is 12.1. The van der Waals surface area contributed by atoms with Crippen molar-refractivity contribution in [3.63, 3.8) is 0 Å². The van der Waals surface area contributed by atoms with Gasteiger partial charge in [-0.25, -0.2) is 4.98 Å². The molecule has 0 aliphatic rings. The maximum Gasteiger partial charge on any atom is 0.136 e. The Morgan fingerprint density at radius 3 is 2.71 bits per heavy atom. The number of furan rings is 1. The monoisotopic (exact) mass is 300 g/mol. The van der Waals surface area contributed by atoms with Crippen molar-refractivity contribution in [2.24, 2.45) is 0 Å². The van der Waals surface area contributed by atoms with Gasteiger partial charge in [-0.1, -0.05) is 24.3 Å². The number of pyridine rings is 1. The van der Waals surface area contributed by atoms with Crippen LogP contribution in [0, 0.1) is 6.92 Å². The lowest BCUT2D eigenvalue weighted by atomic mass is 10.1. The predicted octanol–water partition coefficient (Wildman–Crippen LogP) is 4.51. The zero-order valence-corrected chi connectivity index (χ0v) is 12.9. The van der Waals surface area contributed by atoms with Gasteiger partial charge in [0.1, 0.15) is 17.3 Å². The Hall–Kier alpha value is -2.00. The molecule has 0 amide bonds. The van der Waals surface area contributed by atoms with Gasteiger partial charge in [-0.3, -0.25) is 0 Å². The van der Waals surface area contributed by atoms with Crippen LogP contribution in [0.5, 0.6) is 0 Å². The Kier molecular flexibility index (Phi) is 3.84. The first-order valence-corrected chi connectivity index (χ1v) is 7.42. The molecule has 0 saturated carbocycles. The number of hydrogen-bond acceptors (Lipinski definition) is 3. The number of fused-ring (bicyclic) bond motifs is 1. The molecule has 0 unspecified atom stereocenters. The fourth-order valence-corrected chi connectivity index (χ4v) is 2.61. The molecule has 0 spiro atoms. The van der Waals surface area contributed by atoms with Crippen molar-refractivity contribution in [1.82, 2.24) is 4.98 Å². The Morgan fingerprint density at radius 2 is 2.00 bits per heavy atom. The summed E-state index contributed by atoms with van der Waals surface area (Å²) in [6.45, 7) is 2.63. The third kappa shape index (κ3) is 2.88. The molecule has 3 rings (SSSR count). The molecule has 4 heteroatoms. The van der Waals surface area contributed by atoms with E-state index in [1.807, 2.05) is 44.3 Å². The lowest BCUT2D eigenvalue weighted by Crippen LogP contribution is -2.18. The minimum atomic E-state index is 0.408. The Morgan fingerprint density at radius 1 is 1.19 bits per heavy atom. The summed E-state index contributed by atoms with van der Waals surface area (Å²) in [7, 11) is 2.02. The van der Waals surface area contributed by atoms with E-state index >= 15 is 0 Å².